The summed E-state index contributed by atoms with van der Waals surface area (Å²) < 4.78 is 21.8. The number of rotatable bonds is 4. The Balaban J connectivity index is 1.79. The molecule has 11 heteroatoms. The second kappa shape index (κ2) is 5.11. The highest BCUT2D eigenvalue weighted by Gasteiger charge is 2.51. The van der Waals surface area contributed by atoms with Crippen molar-refractivity contribution in [3.05, 3.63) is 12.2 Å². The highest BCUT2D eigenvalue weighted by molar-refractivity contribution is 7.91. The first-order valence-electron chi connectivity index (χ1n) is 6.35. The number of amides is 1. The van der Waals surface area contributed by atoms with Gasteiger partial charge < -0.3 is 10.4 Å². The number of hydrogen-bond acceptors (Lipinski definition) is 7. The molecule has 0 saturated heterocycles. The third kappa shape index (κ3) is 2.51. The zero-order valence-electron chi connectivity index (χ0n) is 11.0. The molecule has 2 aliphatic carbocycles. The predicted molar refractivity (Wildman–Crippen MR) is 75.3 cm³/mol. The molecule has 1 saturated carbocycles. The molecule has 0 aromatic carbocycles. The number of nitrogens with two attached hydrogens (primary N) is 1. The summed E-state index contributed by atoms with van der Waals surface area (Å²) in [6.07, 6.45) is 4.31. The molecule has 1 aromatic rings. The average molecular weight is 344 g/mol. The van der Waals surface area contributed by atoms with Crippen molar-refractivity contribution in [1.82, 2.24) is 10.2 Å². The summed E-state index contributed by atoms with van der Waals surface area (Å²) >= 11 is 0.624. The summed E-state index contributed by atoms with van der Waals surface area (Å²) in [5.74, 6) is -3.26. The molecule has 3 rings (SSSR count). The third-order valence-corrected chi connectivity index (χ3v) is 6.08. The van der Waals surface area contributed by atoms with Gasteiger partial charge in [0.25, 0.3) is 10.0 Å². The maximum Gasteiger partial charge on any atom is 0.307 e. The Kier molecular flexibility index (Phi) is 3.50. The number of allylic oxidation sites excluding steroid dienone is 2. The topological polar surface area (TPSA) is 152 Å². The van der Waals surface area contributed by atoms with Gasteiger partial charge in [-0.25, -0.2) is 13.6 Å². The number of sulfonamides is 1. The lowest BCUT2D eigenvalue weighted by molar-refractivity contribution is -0.146. The first-order chi connectivity index (χ1) is 10.3. The van der Waals surface area contributed by atoms with Gasteiger partial charge in [-0.05, 0) is 18.3 Å². The van der Waals surface area contributed by atoms with Crippen LogP contribution >= 0.6 is 11.3 Å². The molecular formula is C11H12N4O5S2. The molecule has 2 aliphatic rings. The number of nitrogens with one attached hydrogen (secondary N) is 1. The van der Waals surface area contributed by atoms with Gasteiger partial charge in [0.1, 0.15) is 0 Å². The Morgan fingerprint density at radius 3 is 2.45 bits per heavy atom. The predicted octanol–water partition coefficient (Wildman–Crippen LogP) is -0.353. The number of carboxylic acid groups (broad SMARTS) is 1. The molecule has 4 atom stereocenters. The fourth-order valence-corrected chi connectivity index (χ4v) is 4.42. The minimum atomic E-state index is -3.98. The fraction of sp³-hybridized carbons (Fsp3) is 0.455. The van der Waals surface area contributed by atoms with E-state index in [9.17, 15) is 23.1 Å². The molecule has 4 N–H and O–H groups in total. The average Bonchev–Trinajstić information content (AvgIpc) is 3.11. The summed E-state index contributed by atoms with van der Waals surface area (Å²) in [5.41, 5.74) is 0. The molecule has 9 nitrogen and oxygen atoms in total. The molecule has 2 bridgehead atoms. The monoisotopic (exact) mass is 344 g/mol. The number of fused-ring (bicyclic) bond motifs is 2. The number of anilines is 1. The van der Waals surface area contributed by atoms with Crippen molar-refractivity contribution in [2.75, 3.05) is 5.32 Å². The number of carboxylic acids is 1. The minimum Gasteiger partial charge on any atom is -0.481 e. The summed E-state index contributed by atoms with van der Waals surface area (Å²) in [4.78, 5) is 23.7. The van der Waals surface area contributed by atoms with E-state index >= 15 is 0 Å². The fourth-order valence-electron chi connectivity index (χ4n) is 3.08. The molecule has 1 amide bonds. The first kappa shape index (κ1) is 15.1. The highest BCUT2D eigenvalue weighted by Crippen LogP contribution is 2.48. The van der Waals surface area contributed by atoms with E-state index in [-0.39, 0.29) is 17.0 Å². The van der Waals surface area contributed by atoms with Crippen LogP contribution in [0.3, 0.4) is 0 Å². The Bertz CT molecular complexity index is 771. The lowest BCUT2D eigenvalue weighted by Gasteiger charge is -2.23. The van der Waals surface area contributed by atoms with Crippen LogP contribution in [0.5, 0.6) is 0 Å². The van der Waals surface area contributed by atoms with Gasteiger partial charge in [0, 0.05) is 0 Å². The Labute approximate surface area is 129 Å². The van der Waals surface area contributed by atoms with Crippen LogP contribution in [-0.4, -0.2) is 35.6 Å². The lowest BCUT2D eigenvalue weighted by atomic mass is 9.82. The summed E-state index contributed by atoms with van der Waals surface area (Å²) in [7, 11) is -3.98. The van der Waals surface area contributed by atoms with Crippen LogP contribution in [0.4, 0.5) is 5.13 Å². The lowest BCUT2D eigenvalue weighted by Crippen LogP contribution is -2.36. The van der Waals surface area contributed by atoms with Gasteiger partial charge in [0.2, 0.25) is 15.4 Å². The van der Waals surface area contributed by atoms with Crippen molar-refractivity contribution in [3.63, 3.8) is 0 Å². The number of aliphatic carboxylic acids is 1. The molecule has 1 aromatic heterocycles. The van der Waals surface area contributed by atoms with E-state index in [1.54, 1.807) is 0 Å². The molecule has 118 valence electrons. The molecule has 0 spiro atoms. The summed E-state index contributed by atoms with van der Waals surface area (Å²) in [5, 5.41) is 23.5. The maximum atomic E-state index is 12.3. The standard InChI is InChI=1S/C11H12N4O5S2/c12-22(19,20)11-15-14-10(21-11)13-8(16)6-4-1-2-5(3-4)7(6)9(17)18/h1-2,4-7H,3H2,(H,17,18)(H2,12,19,20)(H,13,14,16)/t4?,5?,6-,7+/m1/s1. The number of hydrogen-bond donors (Lipinski definition) is 3. The number of carbonyl (C=O) groups is 2. The third-order valence-electron chi connectivity index (χ3n) is 3.93. The van der Waals surface area contributed by atoms with Crippen LogP contribution in [0, 0.1) is 23.7 Å². The summed E-state index contributed by atoms with van der Waals surface area (Å²) in [6.45, 7) is 0. The molecule has 1 heterocycles. The Morgan fingerprint density at radius 1 is 1.27 bits per heavy atom. The quantitative estimate of drug-likeness (QED) is 0.498. The van der Waals surface area contributed by atoms with Crippen LogP contribution < -0.4 is 10.5 Å². The first-order valence-corrected chi connectivity index (χ1v) is 8.72. The molecule has 0 radical (unpaired) electrons. The highest BCUT2D eigenvalue weighted by atomic mass is 32.2. The van der Waals surface area contributed by atoms with Gasteiger partial charge >= 0.3 is 5.97 Å². The van der Waals surface area contributed by atoms with Crippen molar-refractivity contribution in [3.8, 4) is 0 Å². The molecule has 22 heavy (non-hydrogen) atoms. The number of nitrogens with zero attached hydrogens (tertiary/aromatic N) is 2. The van der Waals surface area contributed by atoms with Crippen LogP contribution in [-0.2, 0) is 19.6 Å². The van der Waals surface area contributed by atoms with E-state index in [2.05, 4.69) is 15.5 Å². The van der Waals surface area contributed by atoms with Gasteiger partial charge in [-0.1, -0.05) is 23.5 Å². The van der Waals surface area contributed by atoms with Crippen molar-refractivity contribution in [1.29, 1.82) is 0 Å². The normalized spacial score (nSPS) is 29.7. The number of carbonyl (C=O) groups excluding carboxylic acids is 1. The van der Waals surface area contributed by atoms with Gasteiger partial charge in [-0.2, -0.15) is 0 Å². The largest absolute Gasteiger partial charge is 0.481 e. The molecule has 0 aliphatic heterocycles. The van der Waals surface area contributed by atoms with Crippen LogP contribution in [0.1, 0.15) is 6.42 Å². The summed E-state index contributed by atoms with van der Waals surface area (Å²) in [6, 6.07) is 0. The van der Waals surface area contributed by atoms with Crippen molar-refractivity contribution < 1.29 is 23.1 Å². The van der Waals surface area contributed by atoms with Crippen LogP contribution in [0.2, 0.25) is 0 Å². The zero-order valence-corrected chi connectivity index (χ0v) is 12.7. The maximum absolute atomic E-state index is 12.3. The minimum absolute atomic E-state index is 0.0232. The SMILES string of the molecule is NS(=O)(=O)c1nnc(NC(=O)[C@@H]2C3C=CC(C3)[C@@H]2C(=O)O)s1. The molecule has 1 fully saturated rings. The Hall–Kier alpha value is -1.85. The zero-order chi connectivity index (χ0) is 16.1. The van der Waals surface area contributed by atoms with Crippen molar-refractivity contribution >= 4 is 38.4 Å². The number of aromatic nitrogens is 2. The van der Waals surface area contributed by atoms with E-state index in [1.807, 2.05) is 12.2 Å². The molecule has 2 unspecified atom stereocenters. The van der Waals surface area contributed by atoms with Gasteiger partial charge in [0.05, 0.1) is 11.8 Å². The van der Waals surface area contributed by atoms with E-state index in [0.717, 1.165) is 0 Å². The van der Waals surface area contributed by atoms with Crippen LogP contribution in [0.25, 0.3) is 0 Å². The van der Waals surface area contributed by atoms with Crippen molar-refractivity contribution in [2.45, 2.75) is 10.8 Å². The van der Waals surface area contributed by atoms with E-state index in [1.165, 1.54) is 0 Å². The number of primary sulfonamides is 1. The second-order valence-electron chi connectivity index (χ2n) is 5.25. The smallest absolute Gasteiger partial charge is 0.307 e. The van der Waals surface area contributed by atoms with E-state index in [0.29, 0.717) is 17.8 Å². The van der Waals surface area contributed by atoms with Crippen LogP contribution in [0.15, 0.2) is 16.5 Å². The van der Waals surface area contributed by atoms with Gasteiger partial charge in [0.15, 0.2) is 0 Å². The molecular weight excluding hydrogens is 332 g/mol. The van der Waals surface area contributed by atoms with Crippen molar-refractivity contribution in [2.24, 2.45) is 28.8 Å². The van der Waals surface area contributed by atoms with E-state index < -0.39 is 38.1 Å². The van der Waals surface area contributed by atoms with E-state index in [4.69, 9.17) is 5.14 Å². The second-order valence-corrected chi connectivity index (χ2v) is 7.96. The van der Waals surface area contributed by atoms with Gasteiger partial charge in [-0.15, -0.1) is 10.2 Å². The Morgan fingerprint density at radius 2 is 1.91 bits per heavy atom. The van der Waals surface area contributed by atoms with Gasteiger partial charge in [-0.3, -0.25) is 9.59 Å².